The van der Waals surface area contributed by atoms with Gasteiger partial charge in [-0.3, -0.25) is 0 Å². The summed E-state index contributed by atoms with van der Waals surface area (Å²) in [4.78, 5) is 6.35. The second-order valence-corrected chi connectivity index (χ2v) is 4.22. The minimum absolute atomic E-state index is 0.307. The highest BCUT2D eigenvalue weighted by Crippen LogP contribution is 1.95. The molecular formula is C11H22N4. The fourth-order valence-electron chi connectivity index (χ4n) is 1.48. The predicted octanol–water partition coefficient (Wildman–Crippen LogP) is 0.942. The average Bonchev–Trinajstić information content (AvgIpc) is 2.67. The fourth-order valence-corrected chi connectivity index (χ4v) is 1.48. The van der Waals surface area contributed by atoms with Crippen molar-refractivity contribution in [3.63, 3.8) is 0 Å². The average molecular weight is 210 g/mol. The van der Waals surface area contributed by atoms with Crippen LogP contribution in [0.15, 0.2) is 18.7 Å². The summed E-state index contributed by atoms with van der Waals surface area (Å²) in [5.74, 6) is 0. The number of aromatic nitrogens is 2. The molecular weight excluding hydrogens is 188 g/mol. The van der Waals surface area contributed by atoms with Gasteiger partial charge in [0.2, 0.25) is 0 Å². The molecule has 0 aliphatic heterocycles. The van der Waals surface area contributed by atoms with Gasteiger partial charge in [-0.2, -0.15) is 0 Å². The lowest BCUT2D eigenvalue weighted by Gasteiger charge is -2.17. The molecule has 4 nitrogen and oxygen atoms in total. The first kappa shape index (κ1) is 12.2. The van der Waals surface area contributed by atoms with Crippen molar-refractivity contribution in [2.24, 2.45) is 5.73 Å². The van der Waals surface area contributed by atoms with Crippen LogP contribution in [0.2, 0.25) is 0 Å². The summed E-state index contributed by atoms with van der Waals surface area (Å²) in [6.45, 7) is 5.30. The summed E-state index contributed by atoms with van der Waals surface area (Å²) in [5, 5.41) is 0. The van der Waals surface area contributed by atoms with E-state index in [1.807, 2.05) is 18.7 Å². The zero-order chi connectivity index (χ0) is 11.1. The van der Waals surface area contributed by atoms with Crippen LogP contribution in [0.4, 0.5) is 0 Å². The number of nitrogens with zero attached hydrogens (tertiary/aromatic N) is 3. The minimum Gasteiger partial charge on any atom is -0.337 e. The molecule has 1 aromatic heterocycles. The molecule has 0 fully saturated rings. The van der Waals surface area contributed by atoms with Crippen LogP contribution in [0.1, 0.15) is 19.8 Å². The Morgan fingerprint density at radius 2 is 2.27 bits per heavy atom. The molecule has 0 amide bonds. The van der Waals surface area contributed by atoms with E-state index in [4.69, 9.17) is 5.73 Å². The fraction of sp³-hybridized carbons (Fsp3) is 0.727. The number of rotatable bonds is 7. The molecule has 0 bridgehead atoms. The Bertz CT molecular complexity index is 243. The molecule has 0 radical (unpaired) electrons. The molecule has 0 aliphatic rings. The van der Waals surface area contributed by atoms with Crippen LogP contribution in [0, 0.1) is 0 Å². The first-order valence-electron chi connectivity index (χ1n) is 5.58. The monoisotopic (exact) mass is 210 g/mol. The molecule has 15 heavy (non-hydrogen) atoms. The Labute approximate surface area is 92.1 Å². The maximum absolute atomic E-state index is 5.71. The standard InChI is InChI=1S/C11H22N4/c1-11(12)4-8-14(2)6-3-7-15-9-5-13-10-15/h5,9-11H,3-4,6-8,12H2,1-2H3. The lowest BCUT2D eigenvalue weighted by Crippen LogP contribution is -2.27. The van der Waals surface area contributed by atoms with E-state index in [0.717, 1.165) is 32.5 Å². The van der Waals surface area contributed by atoms with E-state index in [-0.39, 0.29) is 0 Å². The van der Waals surface area contributed by atoms with Gasteiger partial charge in [0.1, 0.15) is 0 Å². The third-order valence-corrected chi connectivity index (χ3v) is 2.48. The maximum atomic E-state index is 5.71. The van der Waals surface area contributed by atoms with Gasteiger partial charge in [0.05, 0.1) is 6.33 Å². The van der Waals surface area contributed by atoms with Gasteiger partial charge in [0.15, 0.2) is 0 Å². The second-order valence-electron chi connectivity index (χ2n) is 4.22. The Hall–Kier alpha value is -0.870. The Morgan fingerprint density at radius 3 is 2.87 bits per heavy atom. The molecule has 86 valence electrons. The largest absolute Gasteiger partial charge is 0.337 e. The quantitative estimate of drug-likeness (QED) is 0.728. The van der Waals surface area contributed by atoms with Crippen LogP contribution >= 0.6 is 0 Å². The van der Waals surface area contributed by atoms with Crippen molar-refractivity contribution < 1.29 is 0 Å². The van der Waals surface area contributed by atoms with Gasteiger partial charge >= 0.3 is 0 Å². The highest BCUT2D eigenvalue weighted by Gasteiger charge is 2.00. The Morgan fingerprint density at radius 1 is 1.47 bits per heavy atom. The number of hydrogen-bond donors (Lipinski definition) is 1. The molecule has 0 aliphatic carbocycles. The minimum atomic E-state index is 0.307. The Balaban J connectivity index is 2.04. The molecule has 1 aromatic rings. The van der Waals surface area contributed by atoms with Crippen molar-refractivity contribution in [3.8, 4) is 0 Å². The molecule has 1 rings (SSSR count). The summed E-state index contributed by atoms with van der Waals surface area (Å²) < 4.78 is 2.11. The highest BCUT2D eigenvalue weighted by molar-refractivity contribution is 4.73. The normalized spacial score (nSPS) is 13.3. The van der Waals surface area contributed by atoms with Crippen molar-refractivity contribution in [2.45, 2.75) is 32.4 Å². The molecule has 0 aromatic carbocycles. The number of nitrogens with two attached hydrogens (primary N) is 1. The first-order valence-corrected chi connectivity index (χ1v) is 5.58. The van der Waals surface area contributed by atoms with E-state index in [9.17, 15) is 0 Å². The third kappa shape index (κ3) is 5.54. The van der Waals surface area contributed by atoms with Gasteiger partial charge in [-0.25, -0.2) is 4.98 Å². The van der Waals surface area contributed by atoms with Crippen molar-refractivity contribution >= 4 is 0 Å². The third-order valence-electron chi connectivity index (χ3n) is 2.48. The van der Waals surface area contributed by atoms with E-state index in [0.29, 0.717) is 6.04 Å². The second kappa shape index (κ2) is 6.58. The summed E-state index contributed by atoms with van der Waals surface area (Å²) in [7, 11) is 2.15. The van der Waals surface area contributed by atoms with Crippen molar-refractivity contribution in [2.75, 3.05) is 20.1 Å². The summed E-state index contributed by atoms with van der Waals surface area (Å²) in [5.41, 5.74) is 5.71. The summed E-state index contributed by atoms with van der Waals surface area (Å²) in [6, 6.07) is 0.307. The topological polar surface area (TPSA) is 47.1 Å². The Kier molecular flexibility index (Phi) is 5.36. The zero-order valence-corrected chi connectivity index (χ0v) is 9.76. The molecule has 0 saturated heterocycles. The van der Waals surface area contributed by atoms with Crippen molar-refractivity contribution in [1.29, 1.82) is 0 Å². The smallest absolute Gasteiger partial charge is 0.0945 e. The van der Waals surface area contributed by atoms with E-state index in [2.05, 4.69) is 28.4 Å². The van der Waals surface area contributed by atoms with Crippen LogP contribution in [-0.2, 0) is 6.54 Å². The number of hydrogen-bond acceptors (Lipinski definition) is 3. The summed E-state index contributed by atoms with van der Waals surface area (Å²) >= 11 is 0. The van der Waals surface area contributed by atoms with E-state index >= 15 is 0 Å². The van der Waals surface area contributed by atoms with Gasteiger partial charge in [-0.1, -0.05) is 0 Å². The lowest BCUT2D eigenvalue weighted by molar-refractivity contribution is 0.309. The molecule has 4 heteroatoms. The first-order chi connectivity index (χ1) is 7.18. The van der Waals surface area contributed by atoms with Gasteiger partial charge < -0.3 is 15.2 Å². The molecule has 0 spiro atoms. The number of aryl methyl sites for hydroxylation is 1. The van der Waals surface area contributed by atoms with Gasteiger partial charge in [0, 0.05) is 25.0 Å². The van der Waals surface area contributed by atoms with Crippen molar-refractivity contribution in [3.05, 3.63) is 18.7 Å². The molecule has 0 saturated carbocycles. The van der Waals surface area contributed by atoms with Crippen LogP contribution in [0.5, 0.6) is 0 Å². The predicted molar refractivity (Wildman–Crippen MR) is 62.6 cm³/mol. The van der Waals surface area contributed by atoms with Crippen LogP contribution < -0.4 is 5.73 Å². The van der Waals surface area contributed by atoms with Gasteiger partial charge in [-0.15, -0.1) is 0 Å². The molecule has 1 heterocycles. The van der Waals surface area contributed by atoms with Crippen LogP contribution in [-0.4, -0.2) is 40.6 Å². The zero-order valence-electron chi connectivity index (χ0n) is 9.76. The lowest BCUT2D eigenvalue weighted by atomic mass is 10.2. The van der Waals surface area contributed by atoms with E-state index in [1.54, 1.807) is 0 Å². The highest BCUT2D eigenvalue weighted by atomic mass is 15.1. The van der Waals surface area contributed by atoms with Gasteiger partial charge in [-0.05, 0) is 39.9 Å². The molecule has 1 atom stereocenters. The van der Waals surface area contributed by atoms with Crippen LogP contribution in [0.25, 0.3) is 0 Å². The summed E-state index contributed by atoms with van der Waals surface area (Å²) in [6.07, 6.45) is 7.91. The molecule has 1 unspecified atom stereocenters. The number of imidazole rings is 1. The van der Waals surface area contributed by atoms with E-state index in [1.165, 1.54) is 0 Å². The maximum Gasteiger partial charge on any atom is 0.0945 e. The SMILES string of the molecule is CC(N)CCN(C)CCCn1ccnc1. The van der Waals surface area contributed by atoms with E-state index < -0.39 is 0 Å². The molecule has 2 N–H and O–H groups in total. The van der Waals surface area contributed by atoms with Gasteiger partial charge in [0.25, 0.3) is 0 Å². The van der Waals surface area contributed by atoms with Crippen LogP contribution in [0.3, 0.4) is 0 Å². The van der Waals surface area contributed by atoms with Crippen molar-refractivity contribution in [1.82, 2.24) is 14.5 Å².